The first-order valence-corrected chi connectivity index (χ1v) is 8.43. The van der Waals surface area contributed by atoms with Gasteiger partial charge in [-0.05, 0) is 43.2 Å². The van der Waals surface area contributed by atoms with Gasteiger partial charge in [0.15, 0.2) is 11.2 Å². The number of phenols is 1. The number of hydrogen-bond donors (Lipinski definition) is 2. The van der Waals surface area contributed by atoms with Crippen molar-refractivity contribution in [3.8, 4) is 17.0 Å². The number of carbonyl (C=O) groups excluding carboxylic acids is 1. The third-order valence-corrected chi connectivity index (χ3v) is 4.64. The van der Waals surface area contributed by atoms with Crippen molar-refractivity contribution in [2.24, 2.45) is 0 Å². The van der Waals surface area contributed by atoms with Gasteiger partial charge in [0.1, 0.15) is 5.75 Å². The summed E-state index contributed by atoms with van der Waals surface area (Å²) in [5.41, 5.74) is 3.13. The predicted molar refractivity (Wildman–Crippen MR) is 93.6 cm³/mol. The lowest BCUT2D eigenvalue weighted by molar-refractivity contribution is -0.122. The summed E-state index contributed by atoms with van der Waals surface area (Å²) >= 11 is 5.97. The number of fused-ring (bicyclic) bond motifs is 1. The molecule has 25 heavy (non-hydrogen) atoms. The van der Waals surface area contributed by atoms with Gasteiger partial charge in [0, 0.05) is 23.6 Å². The van der Waals surface area contributed by atoms with E-state index in [0.717, 1.165) is 5.56 Å². The lowest BCUT2D eigenvalue weighted by Gasteiger charge is -2.18. The van der Waals surface area contributed by atoms with E-state index in [1.807, 2.05) is 6.92 Å². The van der Waals surface area contributed by atoms with Gasteiger partial charge in [0.05, 0.1) is 11.6 Å². The standard InChI is InChI=1S/C18H16ClN3O3/c1-9-6-11(19)7-13(23)16(9)12-3-4-14-17(21-12)22-18(25-14)10-2-5-15(24)20-8-10/h3-4,6-7,10,23H,2,5,8H2,1H3,(H,20,24)/t10-/m1/s1. The van der Waals surface area contributed by atoms with Crippen molar-refractivity contribution in [3.05, 3.63) is 40.7 Å². The van der Waals surface area contributed by atoms with E-state index in [0.29, 0.717) is 52.8 Å². The highest BCUT2D eigenvalue weighted by atomic mass is 35.5. The van der Waals surface area contributed by atoms with E-state index in [2.05, 4.69) is 15.3 Å². The highest BCUT2D eigenvalue weighted by Crippen LogP contribution is 2.35. The number of aromatic nitrogens is 2. The summed E-state index contributed by atoms with van der Waals surface area (Å²) in [5, 5.41) is 13.5. The number of piperidine rings is 1. The number of aromatic hydroxyl groups is 1. The predicted octanol–water partition coefficient (Wildman–Crippen LogP) is 3.55. The molecule has 2 N–H and O–H groups in total. The van der Waals surface area contributed by atoms with E-state index in [1.54, 1.807) is 18.2 Å². The lowest BCUT2D eigenvalue weighted by Crippen LogP contribution is -2.33. The third kappa shape index (κ3) is 2.93. The molecule has 0 unspecified atom stereocenters. The summed E-state index contributed by atoms with van der Waals surface area (Å²) in [5.74, 6) is 0.773. The van der Waals surface area contributed by atoms with Gasteiger partial charge in [0.25, 0.3) is 0 Å². The van der Waals surface area contributed by atoms with E-state index in [1.165, 1.54) is 6.07 Å². The molecule has 0 spiro atoms. The number of phenolic OH excluding ortho intramolecular Hbond substituents is 1. The first-order chi connectivity index (χ1) is 12.0. The fourth-order valence-electron chi connectivity index (χ4n) is 3.15. The van der Waals surface area contributed by atoms with Gasteiger partial charge in [-0.1, -0.05) is 11.6 Å². The summed E-state index contributed by atoms with van der Waals surface area (Å²) in [6, 6.07) is 6.86. The molecular weight excluding hydrogens is 342 g/mol. The zero-order chi connectivity index (χ0) is 17.6. The average Bonchev–Trinajstić information content (AvgIpc) is 2.98. The second-order valence-electron chi connectivity index (χ2n) is 6.23. The second kappa shape index (κ2) is 6.04. The molecule has 3 heterocycles. The Morgan fingerprint density at radius 1 is 1.32 bits per heavy atom. The number of nitrogens with zero attached hydrogens (tertiary/aromatic N) is 2. The summed E-state index contributed by atoms with van der Waals surface area (Å²) in [7, 11) is 0. The first-order valence-electron chi connectivity index (χ1n) is 8.05. The van der Waals surface area contributed by atoms with Crippen LogP contribution in [0.3, 0.4) is 0 Å². The lowest BCUT2D eigenvalue weighted by atomic mass is 9.99. The number of rotatable bonds is 2. The third-order valence-electron chi connectivity index (χ3n) is 4.42. The van der Waals surface area contributed by atoms with Crippen LogP contribution in [0.2, 0.25) is 5.02 Å². The molecule has 0 radical (unpaired) electrons. The summed E-state index contributed by atoms with van der Waals surface area (Å²) < 4.78 is 5.80. The quantitative estimate of drug-likeness (QED) is 0.732. The van der Waals surface area contributed by atoms with Crippen LogP contribution in [0.15, 0.2) is 28.7 Å². The number of nitrogens with one attached hydrogen (secondary N) is 1. The van der Waals surface area contributed by atoms with Gasteiger partial charge in [-0.3, -0.25) is 4.79 Å². The van der Waals surface area contributed by atoms with Crippen LogP contribution in [0.5, 0.6) is 5.75 Å². The van der Waals surface area contributed by atoms with Crippen LogP contribution in [-0.2, 0) is 4.79 Å². The molecule has 128 valence electrons. The molecule has 0 saturated carbocycles. The molecule has 1 aromatic carbocycles. The van der Waals surface area contributed by atoms with Crippen LogP contribution in [0.1, 0.15) is 30.2 Å². The minimum Gasteiger partial charge on any atom is -0.507 e. The molecule has 1 aliphatic heterocycles. The molecule has 3 aromatic rings. The number of oxazole rings is 1. The van der Waals surface area contributed by atoms with E-state index in [-0.39, 0.29) is 17.6 Å². The molecule has 1 amide bonds. The molecule has 1 fully saturated rings. The Morgan fingerprint density at radius 3 is 2.88 bits per heavy atom. The number of carbonyl (C=O) groups is 1. The maximum Gasteiger partial charge on any atom is 0.220 e. The fraction of sp³-hybridized carbons (Fsp3) is 0.278. The van der Waals surface area contributed by atoms with Crippen LogP contribution in [0.4, 0.5) is 0 Å². The molecule has 4 rings (SSSR count). The number of halogens is 1. The molecular formula is C18H16ClN3O3. The van der Waals surface area contributed by atoms with Gasteiger partial charge in [-0.25, -0.2) is 4.98 Å². The van der Waals surface area contributed by atoms with Crippen molar-refractivity contribution in [2.45, 2.75) is 25.7 Å². The van der Waals surface area contributed by atoms with Crippen LogP contribution >= 0.6 is 11.6 Å². The maximum absolute atomic E-state index is 11.3. The maximum atomic E-state index is 11.3. The first kappa shape index (κ1) is 15.9. The van der Waals surface area contributed by atoms with E-state index in [9.17, 15) is 9.90 Å². The molecule has 7 heteroatoms. The summed E-state index contributed by atoms with van der Waals surface area (Å²) in [6.45, 7) is 2.39. The highest BCUT2D eigenvalue weighted by molar-refractivity contribution is 6.31. The zero-order valence-electron chi connectivity index (χ0n) is 13.5. The number of hydrogen-bond acceptors (Lipinski definition) is 5. The van der Waals surface area contributed by atoms with Crippen molar-refractivity contribution in [3.63, 3.8) is 0 Å². The Balaban J connectivity index is 1.73. The molecule has 2 aromatic heterocycles. The van der Waals surface area contributed by atoms with Gasteiger partial charge >= 0.3 is 0 Å². The highest BCUT2D eigenvalue weighted by Gasteiger charge is 2.24. The smallest absolute Gasteiger partial charge is 0.220 e. The monoisotopic (exact) mass is 357 g/mol. The average molecular weight is 358 g/mol. The Hall–Kier alpha value is -2.60. The van der Waals surface area contributed by atoms with E-state index in [4.69, 9.17) is 16.0 Å². The number of pyridine rings is 1. The fourth-order valence-corrected chi connectivity index (χ4v) is 3.42. The number of aryl methyl sites for hydroxylation is 1. The van der Waals surface area contributed by atoms with Crippen molar-refractivity contribution in [1.29, 1.82) is 0 Å². The molecule has 1 atom stereocenters. The minimum absolute atomic E-state index is 0.0565. The Labute approximate surface area is 148 Å². The summed E-state index contributed by atoms with van der Waals surface area (Å²) in [4.78, 5) is 20.3. The van der Waals surface area contributed by atoms with E-state index < -0.39 is 0 Å². The van der Waals surface area contributed by atoms with Crippen LogP contribution in [-0.4, -0.2) is 27.5 Å². The normalized spacial score (nSPS) is 17.7. The molecule has 0 aliphatic carbocycles. The molecule has 0 bridgehead atoms. The van der Waals surface area contributed by atoms with Gasteiger partial charge in [-0.15, -0.1) is 0 Å². The van der Waals surface area contributed by atoms with Crippen molar-refractivity contribution >= 4 is 28.7 Å². The summed E-state index contributed by atoms with van der Waals surface area (Å²) in [6.07, 6.45) is 1.18. The molecule has 6 nitrogen and oxygen atoms in total. The van der Waals surface area contributed by atoms with Gasteiger partial charge < -0.3 is 14.8 Å². The van der Waals surface area contributed by atoms with Gasteiger partial charge in [-0.2, -0.15) is 4.98 Å². The van der Waals surface area contributed by atoms with Crippen LogP contribution in [0, 0.1) is 6.92 Å². The number of amides is 1. The number of benzene rings is 1. The van der Waals surface area contributed by atoms with Crippen molar-refractivity contribution in [1.82, 2.24) is 15.3 Å². The topological polar surface area (TPSA) is 88.3 Å². The van der Waals surface area contributed by atoms with E-state index >= 15 is 0 Å². The Kier molecular flexibility index (Phi) is 3.84. The molecule has 1 saturated heterocycles. The van der Waals surface area contributed by atoms with Crippen molar-refractivity contribution in [2.75, 3.05) is 6.54 Å². The Bertz CT molecular complexity index is 950. The van der Waals surface area contributed by atoms with Gasteiger partial charge in [0.2, 0.25) is 11.8 Å². The Morgan fingerprint density at radius 2 is 2.16 bits per heavy atom. The SMILES string of the molecule is Cc1cc(Cl)cc(O)c1-c1ccc2oc([C@@H]3CCC(=O)NC3)nc2n1. The largest absolute Gasteiger partial charge is 0.507 e. The second-order valence-corrected chi connectivity index (χ2v) is 6.66. The van der Waals surface area contributed by atoms with Crippen LogP contribution < -0.4 is 5.32 Å². The molecule has 1 aliphatic rings. The zero-order valence-corrected chi connectivity index (χ0v) is 14.3. The van der Waals surface area contributed by atoms with Crippen molar-refractivity contribution < 1.29 is 14.3 Å². The van der Waals surface area contributed by atoms with Crippen LogP contribution in [0.25, 0.3) is 22.5 Å². The minimum atomic E-state index is 0.0565.